The number of carbonyl (C=O) groups is 1. The Bertz CT molecular complexity index is 429. The molecule has 1 aliphatic rings. The molecule has 0 atom stereocenters. The van der Waals surface area contributed by atoms with Crippen molar-refractivity contribution in [1.29, 1.82) is 0 Å². The first-order chi connectivity index (χ1) is 7.64. The van der Waals surface area contributed by atoms with E-state index in [1.54, 1.807) is 12.1 Å². The van der Waals surface area contributed by atoms with E-state index in [-0.39, 0.29) is 5.97 Å². The average molecular weight is 242 g/mol. The van der Waals surface area contributed by atoms with Crippen LogP contribution in [-0.4, -0.2) is 25.2 Å². The number of pyridine rings is 1. The van der Waals surface area contributed by atoms with Crippen LogP contribution in [0.2, 0.25) is 5.02 Å². The van der Waals surface area contributed by atoms with Crippen molar-refractivity contribution in [1.82, 2.24) is 4.98 Å². The molecule has 1 aliphatic carbocycles. The van der Waals surface area contributed by atoms with Crippen LogP contribution in [0.15, 0.2) is 12.1 Å². The lowest BCUT2D eigenvalue weighted by atomic mass is 10.0. The Labute approximate surface area is 98.5 Å². The van der Waals surface area contributed by atoms with Gasteiger partial charge in [0, 0.05) is 6.07 Å². The molecule has 1 saturated carbocycles. The van der Waals surface area contributed by atoms with Crippen molar-refractivity contribution in [2.24, 2.45) is 0 Å². The number of esters is 1. The second kappa shape index (κ2) is 3.94. The van der Waals surface area contributed by atoms with Gasteiger partial charge in [0.2, 0.25) is 5.88 Å². The van der Waals surface area contributed by atoms with Crippen molar-refractivity contribution in [3.63, 3.8) is 0 Å². The van der Waals surface area contributed by atoms with Gasteiger partial charge < -0.3 is 9.47 Å². The van der Waals surface area contributed by atoms with Crippen LogP contribution in [0.1, 0.15) is 18.5 Å². The van der Waals surface area contributed by atoms with E-state index < -0.39 is 5.41 Å². The van der Waals surface area contributed by atoms with E-state index in [4.69, 9.17) is 21.1 Å². The summed E-state index contributed by atoms with van der Waals surface area (Å²) in [4.78, 5) is 15.9. The summed E-state index contributed by atoms with van der Waals surface area (Å²) in [6, 6.07) is 3.35. The Morgan fingerprint density at radius 2 is 2.12 bits per heavy atom. The number of ether oxygens (including phenoxy) is 2. The molecule has 16 heavy (non-hydrogen) atoms. The molecule has 2 rings (SSSR count). The first-order valence-corrected chi connectivity index (χ1v) is 5.31. The molecule has 0 unspecified atom stereocenters. The third kappa shape index (κ3) is 1.63. The SMILES string of the molecule is COC(=O)C1(c2nc(OC)ccc2Cl)CC1. The van der Waals surface area contributed by atoms with Crippen molar-refractivity contribution >= 4 is 17.6 Å². The molecule has 0 saturated heterocycles. The van der Waals surface area contributed by atoms with Crippen LogP contribution in [0.4, 0.5) is 0 Å². The number of hydrogen-bond donors (Lipinski definition) is 0. The zero-order valence-corrected chi connectivity index (χ0v) is 9.87. The first-order valence-electron chi connectivity index (χ1n) is 4.93. The zero-order valence-electron chi connectivity index (χ0n) is 9.12. The maximum Gasteiger partial charge on any atom is 0.317 e. The maximum absolute atomic E-state index is 11.7. The summed E-state index contributed by atoms with van der Waals surface area (Å²) >= 11 is 6.05. The van der Waals surface area contributed by atoms with Crippen molar-refractivity contribution in [2.75, 3.05) is 14.2 Å². The van der Waals surface area contributed by atoms with Crippen LogP contribution in [0, 0.1) is 0 Å². The van der Waals surface area contributed by atoms with Crippen LogP contribution in [0.3, 0.4) is 0 Å². The highest BCUT2D eigenvalue weighted by atomic mass is 35.5. The molecule has 1 aromatic rings. The van der Waals surface area contributed by atoms with Crippen molar-refractivity contribution < 1.29 is 14.3 Å². The maximum atomic E-state index is 11.7. The fraction of sp³-hybridized carbons (Fsp3) is 0.455. The fourth-order valence-electron chi connectivity index (χ4n) is 1.73. The summed E-state index contributed by atoms with van der Waals surface area (Å²) in [5, 5.41) is 0.476. The summed E-state index contributed by atoms with van der Waals surface area (Å²) in [5.41, 5.74) is -0.0965. The van der Waals surface area contributed by atoms with Gasteiger partial charge in [0.15, 0.2) is 0 Å². The standard InChI is InChI=1S/C11H12ClNO3/c1-15-8-4-3-7(12)9(13-8)11(5-6-11)10(14)16-2/h3-4H,5-6H2,1-2H3. The molecule has 0 radical (unpaired) electrons. The van der Waals surface area contributed by atoms with Crippen LogP contribution in [-0.2, 0) is 14.9 Å². The normalized spacial score (nSPS) is 16.7. The molecule has 0 aliphatic heterocycles. The van der Waals surface area contributed by atoms with Gasteiger partial charge >= 0.3 is 5.97 Å². The molecule has 5 heteroatoms. The molecule has 0 amide bonds. The van der Waals surface area contributed by atoms with E-state index in [2.05, 4.69) is 4.98 Å². The van der Waals surface area contributed by atoms with Gasteiger partial charge in [-0.05, 0) is 18.9 Å². The van der Waals surface area contributed by atoms with Crippen molar-refractivity contribution in [2.45, 2.75) is 18.3 Å². The Balaban J connectivity index is 2.43. The topological polar surface area (TPSA) is 48.4 Å². The number of halogens is 1. The average Bonchev–Trinajstić information content (AvgIpc) is 3.10. The highest BCUT2D eigenvalue weighted by Gasteiger charge is 2.55. The van der Waals surface area contributed by atoms with Gasteiger partial charge in [-0.2, -0.15) is 0 Å². The van der Waals surface area contributed by atoms with Gasteiger partial charge in [0.25, 0.3) is 0 Å². The van der Waals surface area contributed by atoms with Crippen molar-refractivity contribution in [3.8, 4) is 5.88 Å². The van der Waals surface area contributed by atoms with Gasteiger partial charge in [-0.15, -0.1) is 0 Å². The van der Waals surface area contributed by atoms with Gasteiger partial charge in [-0.3, -0.25) is 4.79 Å². The Hall–Kier alpha value is -1.29. The number of aromatic nitrogens is 1. The van der Waals surface area contributed by atoms with E-state index in [1.165, 1.54) is 14.2 Å². The lowest BCUT2D eigenvalue weighted by Gasteiger charge is -2.14. The Morgan fingerprint density at radius 1 is 1.44 bits per heavy atom. The molecule has 0 aromatic carbocycles. The number of carbonyl (C=O) groups excluding carboxylic acids is 1. The Kier molecular flexibility index (Phi) is 2.76. The summed E-state index contributed by atoms with van der Waals surface area (Å²) in [6.07, 6.45) is 1.44. The van der Waals surface area contributed by atoms with Crippen LogP contribution in [0.5, 0.6) is 5.88 Å². The number of methoxy groups -OCH3 is 2. The molecular formula is C11H12ClNO3. The van der Waals surface area contributed by atoms with E-state index in [9.17, 15) is 4.79 Å². The van der Waals surface area contributed by atoms with Gasteiger partial charge in [0.1, 0.15) is 5.41 Å². The fourth-order valence-corrected chi connectivity index (χ4v) is 2.02. The third-order valence-corrected chi connectivity index (χ3v) is 3.11. The van der Waals surface area contributed by atoms with Crippen LogP contribution >= 0.6 is 11.6 Å². The lowest BCUT2D eigenvalue weighted by molar-refractivity contribution is -0.143. The highest BCUT2D eigenvalue weighted by molar-refractivity contribution is 6.31. The van der Waals surface area contributed by atoms with Gasteiger partial charge in [0.05, 0.1) is 24.9 Å². The predicted molar refractivity (Wildman–Crippen MR) is 58.7 cm³/mol. The molecule has 0 N–H and O–H groups in total. The second-order valence-corrected chi connectivity index (χ2v) is 4.16. The van der Waals surface area contributed by atoms with Crippen LogP contribution < -0.4 is 4.74 Å². The lowest BCUT2D eigenvalue weighted by Crippen LogP contribution is -2.23. The van der Waals surface area contributed by atoms with E-state index in [0.29, 0.717) is 16.6 Å². The molecule has 0 bridgehead atoms. The summed E-state index contributed by atoms with van der Waals surface area (Å²) < 4.78 is 9.81. The zero-order chi connectivity index (χ0) is 11.8. The third-order valence-electron chi connectivity index (χ3n) is 2.81. The number of hydrogen-bond acceptors (Lipinski definition) is 4. The molecule has 1 heterocycles. The number of nitrogens with zero attached hydrogens (tertiary/aromatic N) is 1. The summed E-state index contributed by atoms with van der Waals surface area (Å²) in [5.74, 6) is 0.171. The minimum Gasteiger partial charge on any atom is -0.481 e. The minimum absolute atomic E-state index is 0.282. The Morgan fingerprint density at radius 3 is 2.62 bits per heavy atom. The molecular weight excluding hydrogens is 230 g/mol. The monoisotopic (exact) mass is 241 g/mol. The van der Waals surface area contributed by atoms with Crippen molar-refractivity contribution in [3.05, 3.63) is 22.8 Å². The smallest absolute Gasteiger partial charge is 0.317 e. The minimum atomic E-state index is -0.652. The molecule has 0 spiro atoms. The van der Waals surface area contributed by atoms with E-state index >= 15 is 0 Å². The molecule has 1 fully saturated rings. The highest BCUT2D eigenvalue weighted by Crippen LogP contribution is 2.50. The largest absolute Gasteiger partial charge is 0.481 e. The van der Waals surface area contributed by atoms with Gasteiger partial charge in [-0.1, -0.05) is 11.6 Å². The molecule has 4 nitrogen and oxygen atoms in total. The number of rotatable bonds is 3. The molecule has 86 valence electrons. The summed E-state index contributed by atoms with van der Waals surface area (Å²) in [6.45, 7) is 0. The predicted octanol–water partition coefficient (Wildman–Crippen LogP) is 1.95. The van der Waals surface area contributed by atoms with Gasteiger partial charge in [-0.25, -0.2) is 4.98 Å². The molecule has 1 aromatic heterocycles. The van der Waals surface area contributed by atoms with E-state index in [1.807, 2.05) is 0 Å². The summed E-state index contributed by atoms with van der Waals surface area (Å²) in [7, 11) is 2.90. The first kappa shape index (κ1) is 11.2. The van der Waals surface area contributed by atoms with Crippen LogP contribution in [0.25, 0.3) is 0 Å². The quantitative estimate of drug-likeness (QED) is 0.759. The second-order valence-electron chi connectivity index (χ2n) is 3.76. The van der Waals surface area contributed by atoms with E-state index in [0.717, 1.165) is 12.8 Å².